The number of H-pyrrole nitrogens is 1. The molecule has 0 saturated carbocycles. The largest absolute Gasteiger partial charge is 0.435 e. The second kappa shape index (κ2) is 4.52. The number of nitrogens with two attached hydrogens (primary N) is 1. The lowest BCUT2D eigenvalue weighted by Gasteiger charge is -2.06. The Labute approximate surface area is 96.9 Å². The van der Waals surface area contributed by atoms with Crippen LogP contribution in [0.5, 0.6) is 11.6 Å². The number of rotatable bonds is 3. The summed E-state index contributed by atoms with van der Waals surface area (Å²) >= 11 is 0. The maximum Gasteiger partial charge on any atom is 0.238 e. The highest BCUT2D eigenvalue weighted by Gasteiger charge is 2.10. The first kappa shape index (κ1) is 10.9. The van der Waals surface area contributed by atoms with Gasteiger partial charge in [0, 0.05) is 18.0 Å². The van der Waals surface area contributed by atoms with Crippen LogP contribution in [0.15, 0.2) is 29.7 Å². The SMILES string of the molecule is Cc1cc(Oc2cnccc2/C(N)=N/O)n[nH]1. The summed E-state index contributed by atoms with van der Waals surface area (Å²) in [4.78, 5) is 3.91. The van der Waals surface area contributed by atoms with E-state index in [1.165, 1.54) is 12.4 Å². The highest BCUT2D eigenvalue weighted by Crippen LogP contribution is 2.22. The minimum Gasteiger partial charge on any atom is -0.435 e. The minimum absolute atomic E-state index is 0.0466. The smallest absolute Gasteiger partial charge is 0.238 e. The van der Waals surface area contributed by atoms with Crippen molar-refractivity contribution in [1.29, 1.82) is 0 Å². The van der Waals surface area contributed by atoms with Crippen LogP contribution in [0.25, 0.3) is 0 Å². The Morgan fingerprint density at radius 1 is 1.59 bits per heavy atom. The number of ether oxygens (including phenoxy) is 1. The number of nitrogens with zero attached hydrogens (tertiary/aromatic N) is 3. The van der Waals surface area contributed by atoms with Crippen LogP contribution in [-0.4, -0.2) is 26.2 Å². The second-order valence-electron chi connectivity index (χ2n) is 3.35. The lowest BCUT2D eigenvalue weighted by molar-refractivity contribution is 0.318. The van der Waals surface area contributed by atoms with Crippen molar-refractivity contribution in [2.75, 3.05) is 0 Å². The molecule has 0 bridgehead atoms. The number of aryl methyl sites for hydroxylation is 1. The average molecular weight is 233 g/mol. The van der Waals surface area contributed by atoms with Gasteiger partial charge in [0.1, 0.15) is 0 Å². The number of aromatic amines is 1. The molecule has 0 fully saturated rings. The van der Waals surface area contributed by atoms with E-state index < -0.39 is 0 Å². The highest BCUT2D eigenvalue weighted by molar-refractivity contribution is 5.99. The zero-order valence-corrected chi connectivity index (χ0v) is 9.08. The van der Waals surface area contributed by atoms with Gasteiger partial charge in [0.05, 0.1) is 11.8 Å². The number of pyridine rings is 1. The fourth-order valence-electron chi connectivity index (χ4n) is 1.28. The molecule has 0 radical (unpaired) electrons. The van der Waals surface area contributed by atoms with Gasteiger partial charge >= 0.3 is 0 Å². The van der Waals surface area contributed by atoms with Crippen molar-refractivity contribution in [1.82, 2.24) is 15.2 Å². The van der Waals surface area contributed by atoms with Crippen molar-refractivity contribution in [3.05, 3.63) is 35.8 Å². The second-order valence-corrected chi connectivity index (χ2v) is 3.35. The van der Waals surface area contributed by atoms with E-state index in [1.807, 2.05) is 6.92 Å². The van der Waals surface area contributed by atoms with Crippen LogP contribution >= 0.6 is 0 Å². The molecule has 0 aliphatic rings. The summed E-state index contributed by atoms with van der Waals surface area (Å²) in [5.41, 5.74) is 6.83. The molecular formula is C10H11N5O2. The molecule has 2 rings (SSSR count). The zero-order valence-electron chi connectivity index (χ0n) is 9.08. The van der Waals surface area contributed by atoms with Crippen LogP contribution in [0.4, 0.5) is 0 Å². The van der Waals surface area contributed by atoms with Crippen molar-refractivity contribution in [3.63, 3.8) is 0 Å². The monoisotopic (exact) mass is 233 g/mol. The molecule has 17 heavy (non-hydrogen) atoms. The molecule has 7 heteroatoms. The average Bonchev–Trinajstić information content (AvgIpc) is 2.74. The van der Waals surface area contributed by atoms with E-state index in [4.69, 9.17) is 15.7 Å². The van der Waals surface area contributed by atoms with Crippen LogP contribution in [0, 0.1) is 6.92 Å². The lowest BCUT2D eigenvalue weighted by Crippen LogP contribution is -2.14. The first-order chi connectivity index (χ1) is 8.20. The molecule has 0 atom stereocenters. The van der Waals surface area contributed by atoms with Crippen molar-refractivity contribution in [3.8, 4) is 11.6 Å². The predicted molar refractivity (Wildman–Crippen MR) is 60.1 cm³/mol. The van der Waals surface area contributed by atoms with Gasteiger partial charge in [-0.05, 0) is 13.0 Å². The van der Waals surface area contributed by atoms with Crippen LogP contribution in [0.1, 0.15) is 11.3 Å². The van der Waals surface area contributed by atoms with Gasteiger partial charge in [-0.2, -0.15) is 0 Å². The first-order valence-corrected chi connectivity index (χ1v) is 4.82. The van der Waals surface area contributed by atoms with Gasteiger partial charge in [-0.1, -0.05) is 5.16 Å². The number of amidine groups is 1. The number of hydrogen-bond acceptors (Lipinski definition) is 5. The van der Waals surface area contributed by atoms with Gasteiger partial charge in [-0.3, -0.25) is 10.1 Å². The maximum atomic E-state index is 8.65. The number of oxime groups is 1. The molecule has 0 aromatic carbocycles. The van der Waals surface area contributed by atoms with Gasteiger partial charge in [0.15, 0.2) is 11.6 Å². The van der Waals surface area contributed by atoms with Crippen molar-refractivity contribution in [2.45, 2.75) is 6.92 Å². The molecule has 0 amide bonds. The summed E-state index contributed by atoms with van der Waals surface area (Å²) in [6.07, 6.45) is 2.99. The van der Waals surface area contributed by atoms with Gasteiger partial charge in [-0.15, -0.1) is 5.10 Å². The molecule has 0 saturated heterocycles. The van der Waals surface area contributed by atoms with Crippen molar-refractivity contribution >= 4 is 5.84 Å². The standard InChI is InChI=1S/C10H11N5O2/c1-6-4-9(14-13-6)17-8-5-12-3-2-7(8)10(11)15-16/h2-5,16H,1H3,(H2,11,15)(H,13,14). The summed E-state index contributed by atoms with van der Waals surface area (Å²) in [6, 6.07) is 3.31. The molecule has 0 spiro atoms. The maximum absolute atomic E-state index is 8.65. The van der Waals surface area contributed by atoms with E-state index in [0.29, 0.717) is 17.2 Å². The lowest BCUT2D eigenvalue weighted by atomic mass is 10.2. The molecule has 0 aliphatic carbocycles. The molecule has 2 heterocycles. The van der Waals surface area contributed by atoms with E-state index in [1.54, 1.807) is 12.1 Å². The number of aromatic nitrogens is 3. The molecule has 0 unspecified atom stereocenters. The topological polar surface area (TPSA) is 109 Å². The Morgan fingerprint density at radius 2 is 2.41 bits per heavy atom. The molecular weight excluding hydrogens is 222 g/mol. The predicted octanol–water partition coefficient (Wildman–Crippen LogP) is 1.000. The van der Waals surface area contributed by atoms with Crippen LogP contribution < -0.4 is 10.5 Å². The van der Waals surface area contributed by atoms with Crippen molar-refractivity contribution < 1.29 is 9.94 Å². The first-order valence-electron chi connectivity index (χ1n) is 4.82. The Kier molecular flexibility index (Phi) is 2.91. The van der Waals surface area contributed by atoms with Crippen LogP contribution in [0.2, 0.25) is 0 Å². The Balaban J connectivity index is 2.32. The fourth-order valence-corrected chi connectivity index (χ4v) is 1.28. The third-order valence-corrected chi connectivity index (χ3v) is 2.07. The molecule has 4 N–H and O–H groups in total. The van der Waals surface area contributed by atoms with E-state index in [9.17, 15) is 0 Å². The quantitative estimate of drug-likeness (QED) is 0.317. The number of hydrogen-bond donors (Lipinski definition) is 3. The Hall–Kier alpha value is -2.57. The Bertz CT molecular complexity index is 549. The van der Waals surface area contributed by atoms with E-state index in [-0.39, 0.29) is 5.84 Å². The molecule has 2 aromatic heterocycles. The molecule has 88 valence electrons. The van der Waals surface area contributed by atoms with Gasteiger partial charge in [0.2, 0.25) is 5.88 Å². The minimum atomic E-state index is -0.0466. The summed E-state index contributed by atoms with van der Waals surface area (Å²) in [6.45, 7) is 1.85. The third kappa shape index (κ3) is 2.33. The van der Waals surface area contributed by atoms with Crippen LogP contribution in [0.3, 0.4) is 0 Å². The van der Waals surface area contributed by atoms with E-state index in [0.717, 1.165) is 5.69 Å². The number of nitrogens with one attached hydrogen (secondary N) is 1. The van der Waals surface area contributed by atoms with E-state index in [2.05, 4.69) is 20.3 Å². The van der Waals surface area contributed by atoms with Crippen molar-refractivity contribution in [2.24, 2.45) is 10.9 Å². The Morgan fingerprint density at radius 3 is 3.06 bits per heavy atom. The molecule has 7 nitrogen and oxygen atoms in total. The summed E-state index contributed by atoms with van der Waals surface area (Å²) < 4.78 is 5.48. The third-order valence-electron chi connectivity index (χ3n) is 2.07. The van der Waals surface area contributed by atoms with E-state index >= 15 is 0 Å². The fraction of sp³-hybridized carbons (Fsp3) is 0.100. The summed E-state index contributed by atoms with van der Waals surface area (Å²) in [7, 11) is 0. The molecule has 2 aromatic rings. The summed E-state index contributed by atoms with van der Waals surface area (Å²) in [5, 5.41) is 18.2. The van der Waals surface area contributed by atoms with Crippen LogP contribution in [-0.2, 0) is 0 Å². The normalized spacial score (nSPS) is 11.5. The van der Waals surface area contributed by atoms with Gasteiger partial charge < -0.3 is 15.7 Å². The zero-order chi connectivity index (χ0) is 12.3. The van der Waals surface area contributed by atoms with Gasteiger partial charge in [-0.25, -0.2) is 0 Å². The highest BCUT2D eigenvalue weighted by atomic mass is 16.5. The summed E-state index contributed by atoms with van der Waals surface area (Å²) in [5.74, 6) is 0.714. The molecule has 0 aliphatic heterocycles. The van der Waals surface area contributed by atoms with Gasteiger partial charge in [0.25, 0.3) is 0 Å².